The third kappa shape index (κ3) is 4.55. The Morgan fingerprint density at radius 1 is 1.00 bits per heavy atom. The first-order valence-electron chi connectivity index (χ1n) is 7.68. The maximum atomic E-state index is 12.4. The number of amides is 1. The zero-order chi connectivity index (χ0) is 19.4. The van der Waals surface area contributed by atoms with Gasteiger partial charge in [-0.3, -0.25) is 14.5 Å². The highest BCUT2D eigenvalue weighted by Gasteiger charge is 2.16. The average Bonchev–Trinajstić information content (AvgIpc) is 2.65. The van der Waals surface area contributed by atoms with Crippen molar-refractivity contribution in [2.45, 2.75) is 4.90 Å². The fourth-order valence-electron chi connectivity index (χ4n) is 2.22. The van der Waals surface area contributed by atoms with Crippen LogP contribution in [-0.4, -0.2) is 24.4 Å². The molecule has 0 saturated carbocycles. The molecule has 1 amide bonds. The molecule has 3 N–H and O–H groups in total. The predicted octanol–water partition coefficient (Wildman–Crippen LogP) is 3.49. The van der Waals surface area contributed by atoms with Crippen LogP contribution in [0.2, 0.25) is 5.02 Å². The molecule has 0 atom stereocenters. The van der Waals surface area contributed by atoms with E-state index in [0.29, 0.717) is 10.7 Å². The van der Waals surface area contributed by atoms with E-state index in [1.54, 1.807) is 0 Å². The molecule has 2 aromatic carbocycles. The van der Waals surface area contributed by atoms with E-state index < -0.39 is 15.9 Å². The molecule has 138 valence electrons. The van der Waals surface area contributed by atoms with Crippen molar-refractivity contribution >= 4 is 38.9 Å². The van der Waals surface area contributed by atoms with E-state index in [-0.39, 0.29) is 21.9 Å². The van der Waals surface area contributed by atoms with Crippen molar-refractivity contribution in [1.29, 1.82) is 0 Å². The Hall–Kier alpha value is -3.10. The number of phenols is 1. The number of benzene rings is 2. The molecule has 3 rings (SSSR count). The fraction of sp³-hybridized carbons (Fsp3) is 0. The molecule has 3 aromatic rings. The lowest BCUT2D eigenvalue weighted by atomic mass is 10.2. The first-order chi connectivity index (χ1) is 12.8. The summed E-state index contributed by atoms with van der Waals surface area (Å²) in [6.45, 7) is 0. The van der Waals surface area contributed by atoms with Crippen LogP contribution < -0.4 is 10.0 Å². The second-order valence-electron chi connectivity index (χ2n) is 5.48. The predicted molar refractivity (Wildman–Crippen MR) is 103 cm³/mol. The molecule has 0 saturated heterocycles. The van der Waals surface area contributed by atoms with E-state index in [9.17, 15) is 18.3 Å². The highest BCUT2D eigenvalue weighted by molar-refractivity contribution is 7.92. The lowest BCUT2D eigenvalue weighted by molar-refractivity contribution is 0.102. The number of carbonyl (C=O) groups excluding carboxylic acids is 1. The van der Waals surface area contributed by atoms with E-state index >= 15 is 0 Å². The molecule has 0 unspecified atom stereocenters. The van der Waals surface area contributed by atoms with Gasteiger partial charge in [-0.2, -0.15) is 0 Å². The number of hydrogen-bond acceptors (Lipinski definition) is 5. The van der Waals surface area contributed by atoms with Crippen LogP contribution in [0.25, 0.3) is 0 Å². The number of halogens is 1. The van der Waals surface area contributed by atoms with Crippen LogP contribution in [0.1, 0.15) is 10.4 Å². The van der Waals surface area contributed by atoms with E-state index in [1.807, 2.05) is 0 Å². The van der Waals surface area contributed by atoms with Crippen molar-refractivity contribution in [2.75, 3.05) is 10.0 Å². The van der Waals surface area contributed by atoms with Crippen molar-refractivity contribution in [3.63, 3.8) is 0 Å². The molecule has 1 aromatic heterocycles. The third-order valence-electron chi connectivity index (χ3n) is 3.57. The Balaban J connectivity index is 1.76. The molecule has 0 aliphatic rings. The summed E-state index contributed by atoms with van der Waals surface area (Å²) in [6.07, 6.45) is 2.94. The normalized spacial score (nSPS) is 11.0. The molecule has 0 aliphatic heterocycles. The summed E-state index contributed by atoms with van der Waals surface area (Å²) >= 11 is 5.84. The van der Waals surface area contributed by atoms with Gasteiger partial charge in [0.15, 0.2) is 0 Å². The molecule has 0 spiro atoms. The average molecular weight is 404 g/mol. The Labute approximate surface area is 160 Å². The van der Waals surface area contributed by atoms with E-state index in [2.05, 4.69) is 15.0 Å². The summed E-state index contributed by atoms with van der Waals surface area (Å²) in [5.41, 5.74) is 0.754. The quantitative estimate of drug-likeness (QED) is 0.565. The number of sulfonamides is 1. The van der Waals surface area contributed by atoms with Gasteiger partial charge in [0.25, 0.3) is 15.9 Å². The highest BCUT2D eigenvalue weighted by Crippen LogP contribution is 2.27. The number of nitrogens with zero attached hydrogens (tertiary/aromatic N) is 1. The van der Waals surface area contributed by atoms with Crippen LogP contribution in [0.4, 0.5) is 11.4 Å². The van der Waals surface area contributed by atoms with Gasteiger partial charge in [0.1, 0.15) is 5.75 Å². The van der Waals surface area contributed by atoms with Crippen molar-refractivity contribution in [3.05, 3.63) is 77.6 Å². The zero-order valence-corrected chi connectivity index (χ0v) is 15.3. The van der Waals surface area contributed by atoms with E-state index in [0.717, 1.165) is 0 Å². The number of nitrogens with one attached hydrogen (secondary N) is 2. The van der Waals surface area contributed by atoms with Crippen LogP contribution in [0.5, 0.6) is 5.75 Å². The maximum Gasteiger partial charge on any atom is 0.261 e. The van der Waals surface area contributed by atoms with Gasteiger partial charge in [0.05, 0.1) is 16.3 Å². The van der Waals surface area contributed by atoms with Crippen LogP contribution in [0.3, 0.4) is 0 Å². The molecule has 9 heteroatoms. The first kappa shape index (κ1) is 18.7. The van der Waals surface area contributed by atoms with Gasteiger partial charge in [0, 0.05) is 23.0 Å². The Bertz CT molecular complexity index is 1070. The van der Waals surface area contributed by atoms with Crippen molar-refractivity contribution < 1.29 is 18.3 Å². The van der Waals surface area contributed by atoms with Gasteiger partial charge in [-0.25, -0.2) is 8.42 Å². The number of aromatic hydroxyl groups is 1. The van der Waals surface area contributed by atoms with Crippen LogP contribution in [-0.2, 0) is 10.0 Å². The molecule has 1 heterocycles. The first-order valence-corrected chi connectivity index (χ1v) is 9.54. The highest BCUT2D eigenvalue weighted by atomic mass is 35.5. The van der Waals surface area contributed by atoms with Crippen LogP contribution >= 0.6 is 11.6 Å². The van der Waals surface area contributed by atoms with Gasteiger partial charge in [-0.15, -0.1) is 0 Å². The number of phenolic OH excluding ortho intramolecular Hbond substituents is 1. The van der Waals surface area contributed by atoms with Crippen LogP contribution in [0.15, 0.2) is 71.9 Å². The molecular formula is C18H14ClN3O4S. The summed E-state index contributed by atoms with van der Waals surface area (Å²) in [4.78, 5) is 16.1. The standard InChI is InChI=1S/C18H14ClN3O4S/c19-13-3-6-17(23)16(11-13)21-18(24)12-1-4-15(5-2-12)27(25,26)22-14-7-9-20-10-8-14/h1-11,23H,(H,20,22)(H,21,24). The van der Waals surface area contributed by atoms with Crippen molar-refractivity contribution in [1.82, 2.24) is 4.98 Å². The van der Waals surface area contributed by atoms with E-state index in [4.69, 9.17) is 11.6 Å². The monoisotopic (exact) mass is 403 g/mol. The SMILES string of the molecule is O=C(Nc1cc(Cl)ccc1O)c1ccc(S(=O)(=O)Nc2ccncc2)cc1. The summed E-state index contributed by atoms with van der Waals surface area (Å²) < 4.78 is 27.2. The molecule has 0 fully saturated rings. The van der Waals surface area contributed by atoms with Gasteiger partial charge in [-0.1, -0.05) is 11.6 Å². The van der Waals surface area contributed by atoms with Crippen molar-refractivity contribution in [2.24, 2.45) is 0 Å². The topological polar surface area (TPSA) is 108 Å². The lowest BCUT2D eigenvalue weighted by Gasteiger charge is -2.10. The van der Waals surface area contributed by atoms with Gasteiger partial charge in [-0.05, 0) is 54.6 Å². The number of rotatable bonds is 5. The maximum absolute atomic E-state index is 12.4. The third-order valence-corrected chi connectivity index (χ3v) is 5.20. The molecule has 0 aliphatic carbocycles. The molecule has 0 radical (unpaired) electrons. The summed E-state index contributed by atoms with van der Waals surface area (Å²) in [6, 6.07) is 12.7. The minimum Gasteiger partial charge on any atom is -0.506 e. The number of pyridine rings is 1. The summed E-state index contributed by atoms with van der Waals surface area (Å²) in [7, 11) is -3.79. The molecule has 0 bridgehead atoms. The zero-order valence-electron chi connectivity index (χ0n) is 13.8. The van der Waals surface area contributed by atoms with E-state index in [1.165, 1.54) is 67.0 Å². The van der Waals surface area contributed by atoms with Gasteiger partial charge in [0.2, 0.25) is 0 Å². The summed E-state index contributed by atoms with van der Waals surface area (Å²) in [5, 5.41) is 12.6. The molecular weight excluding hydrogens is 390 g/mol. The Morgan fingerprint density at radius 2 is 1.67 bits per heavy atom. The second-order valence-corrected chi connectivity index (χ2v) is 7.60. The lowest BCUT2D eigenvalue weighted by Crippen LogP contribution is -2.15. The number of hydrogen-bond donors (Lipinski definition) is 3. The largest absolute Gasteiger partial charge is 0.506 e. The number of aromatic nitrogens is 1. The Kier molecular flexibility index (Phi) is 5.29. The fourth-order valence-corrected chi connectivity index (χ4v) is 3.45. The molecule has 27 heavy (non-hydrogen) atoms. The smallest absolute Gasteiger partial charge is 0.261 e. The Morgan fingerprint density at radius 3 is 2.33 bits per heavy atom. The summed E-state index contributed by atoms with van der Waals surface area (Å²) in [5.74, 6) is -0.646. The van der Waals surface area contributed by atoms with Crippen LogP contribution in [0, 0.1) is 0 Å². The number of carbonyl (C=O) groups is 1. The molecule has 7 nitrogen and oxygen atoms in total. The van der Waals surface area contributed by atoms with Gasteiger partial charge >= 0.3 is 0 Å². The minimum atomic E-state index is -3.79. The van der Waals surface area contributed by atoms with Gasteiger partial charge < -0.3 is 10.4 Å². The minimum absolute atomic E-state index is 0.00136. The number of anilines is 2. The van der Waals surface area contributed by atoms with Crippen molar-refractivity contribution in [3.8, 4) is 5.75 Å². The second kappa shape index (κ2) is 7.65.